The lowest BCUT2D eigenvalue weighted by Crippen LogP contribution is -2.14. The number of nitrogens with two attached hydrogens (primary N) is 1. The Morgan fingerprint density at radius 1 is 1.46 bits per heavy atom. The second kappa shape index (κ2) is 3.12. The maximum absolute atomic E-state index is 12.6. The van der Waals surface area contributed by atoms with Crippen LogP contribution in [0.3, 0.4) is 0 Å². The fraction of sp³-hybridized carbons (Fsp3) is 0. The van der Waals surface area contributed by atoms with Gasteiger partial charge in [-0.05, 0) is 18.2 Å². The highest BCUT2D eigenvalue weighted by Gasteiger charge is 2.14. The molecule has 1 aromatic rings. The molecule has 0 spiro atoms. The molecule has 1 rings (SSSR count). The molecule has 0 amide bonds. The predicted molar refractivity (Wildman–Crippen MR) is 42.5 cm³/mol. The molecule has 1 aromatic carbocycles. The molecule has 0 heterocycles. The van der Waals surface area contributed by atoms with E-state index in [-0.39, 0.29) is 5.56 Å². The molecule has 0 atom stereocenters. The van der Waals surface area contributed by atoms with Gasteiger partial charge in [-0.15, -0.1) is 0 Å². The van der Waals surface area contributed by atoms with E-state index in [1.54, 1.807) is 6.07 Å². The highest BCUT2D eigenvalue weighted by molar-refractivity contribution is 7.89. The summed E-state index contributed by atoms with van der Waals surface area (Å²) in [5.41, 5.74) is -0.163. The zero-order valence-corrected chi connectivity index (χ0v) is 7.18. The van der Waals surface area contributed by atoms with Gasteiger partial charge in [-0.2, -0.15) is 5.26 Å². The average Bonchev–Trinajstić information content (AvgIpc) is 2.03. The van der Waals surface area contributed by atoms with Crippen LogP contribution in [0.15, 0.2) is 23.1 Å². The van der Waals surface area contributed by atoms with Crippen LogP contribution in [0.2, 0.25) is 0 Å². The Kier molecular flexibility index (Phi) is 2.32. The van der Waals surface area contributed by atoms with Crippen molar-refractivity contribution in [2.45, 2.75) is 4.90 Å². The first-order valence-corrected chi connectivity index (χ1v) is 4.72. The molecule has 0 radical (unpaired) electrons. The zero-order valence-electron chi connectivity index (χ0n) is 6.36. The quantitative estimate of drug-likeness (QED) is 0.709. The molecule has 68 valence electrons. The van der Waals surface area contributed by atoms with E-state index in [1.165, 1.54) is 0 Å². The van der Waals surface area contributed by atoms with Crippen LogP contribution in [0.5, 0.6) is 0 Å². The van der Waals surface area contributed by atoms with Crippen LogP contribution in [-0.2, 0) is 10.0 Å². The van der Waals surface area contributed by atoms with Crippen molar-refractivity contribution in [3.63, 3.8) is 0 Å². The average molecular weight is 200 g/mol. The summed E-state index contributed by atoms with van der Waals surface area (Å²) in [4.78, 5) is -0.491. The zero-order chi connectivity index (χ0) is 10.1. The minimum absolute atomic E-state index is 0.163. The van der Waals surface area contributed by atoms with Crippen molar-refractivity contribution in [3.05, 3.63) is 29.6 Å². The number of rotatable bonds is 1. The van der Waals surface area contributed by atoms with Gasteiger partial charge in [-0.3, -0.25) is 0 Å². The smallest absolute Gasteiger partial charge is 0.225 e. The fourth-order valence-electron chi connectivity index (χ4n) is 0.824. The maximum atomic E-state index is 12.6. The summed E-state index contributed by atoms with van der Waals surface area (Å²) in [6.45, 7) is 0. The number of nitriles is 1. The number of hydrogen-bond donors (Lipinski definition) is 1. The highest BCUT2D eigenvalue weighted by atomic mass is 32.2. The molecule has 0 aliphatic carbocycles. The van der Waals surface area contributed by atoms with Gasteiger partial charge in [0.25, 0.3) is 0 Å². The van der Waals surface area contributed by atoms with Crippen molar-refractivity contribution in [1.82, 2.24) is 0 Å². The van der Waals surface area contributed by atoms with Crippen LogP contribution >= 0.6 is 0 Å². The third-order valence-corrected chi connectivity index (χ3v) is 2.32. The topological polar surface area (TPSA) is 83.9 Å². The summed E-state index contributed by atoms with van der Waals surface area (Å²) < 4.78 is 34.2. The predicted octanol–water partition coefficient (Wildman–Crippen LogP) is 0.345. The molecule has 0 saturated heterocycles. The highest BCUT2D eigenvalue weighted by Crippen LogP contribution is 2.14. The van der Waals surface area contributed by atoms with E-state index in [0.717, 1.165) is 12.1 Å². The molecular formula is C7H5FN2O2S. The summed E-state index contributed by atoms with van der Waals surface area (Å²) >= 11 is 0. The molecule has 6 heteroatoms. The third kappa shape index (κ3) is 2.02. The molecule has 0 aromatic heterocycles. The Bertz CT molecular complexity index is 476. The summed E-state index contributed by atoms with van der Waals surface area (Å²) in [7, 11) is -4.03. The van der Waals surface area contributed by atoms with E-state index in [0.29, 0.717) is 6.07 Å². The Labute approximate surface area is 74.5 Å². The Morgan fingerprint density at radius 2 is 2.08 bits per heavy atom. The lowest BCUT2D eigenvalue weighted by molar-refractivity contribution is 0.592. The Morgan fingerprint density at radius 3 is 2.54 bits per heavy atom. The van der Waals surface area contributed by atoms with Crippen LogP contribution < -0.4 is 5.14 Å². The summed E-state index contributed by atoms with van der Waals surface area (Å²) in [6, 6.07) is 4.38. The monoisotopic (exact) mass is 200 g/mol. The van der Waals surface area contributed by atoms with Crippen LogP contribution in [0.25, 0.3) is 0 Å². The van der Waals surface area contributed by atoms with Gasteiger partial charge in [0, 0.05) is 0 Å². The van der Waals surface area contributed by atoms with Crippen molar-refractivity contribution in [2.75, 3.05) is 0 Å². The van der Waals surface area contributed by atoms with Crippen LogP contribution in [0.4, 0.5) is 4.39 Å². The molecule has 0 unspecified atom stereocenters. The second-order valence-electron chi connectivity index (χ2n) is 2.30. The lowest BCUT2D eigenvalue weighted by atomic mass is 10.2. The van der Waals surface area contributed by atoms with Crippen LogP contribution in [0, 0.1) is 17.1 Å². The van der Waals surface area contributed by atoms with Crippen molar-refractivity contribution >= 4 is 10.0 Å². The summed E-state index contributed by atoms with van der Waals surface area (Å²) in [5.74, 6) is -0.747. The molecule has 0 aliphatic rings. The first kappa shape index (κ1) is 9.64. The van der Waals surface area contributed by atoms with Gasteiger partial charge >= 0.3 is 0 Å². The van der Waals surface area contributed by atoms with Gasteiger partial charge in [0.1, 0.15) is 16.8 Å². The first-order valence-electron chi connectivity index (χ1n) is 3.17. The molecule has 0 fully saturated rings. The minimum Gasteiger partial charge on any atom is -0.225 e. The maximum Gasteiger partial charge on any atom is 0.239 e. The van der Waals surface area contributed by atoms with E-state index in [2.05, 4.69) is 0 Å². The van der Waals surface area contributed by atoms with Gasteiger partial charge in [-0.25, -0.2) is 17.9 Å². The summed E-state index contributed by atoms with van der Waals surface area (Å²) in [6.07, 6.45) is 0. The van der Waals surface area contributed by atoms with E-state index < -0.39 is 20.7 Å². The van der Waals surface area contributed by atoms with E-state index in [4.69, 9.17) is 10.4 Å². The van der Waals surface area contributed by atoms with E-state index in [9.17, 15) is 12.8 Å². The fourth-order valence-corrected chi connectivity index (χ4v) is 1.52. The van der Waals surface area contributed by atoms with Gasteiger partial charge in [0.2, 0.25) is 10.0 Å². The molecule has 0 bridgehead atoms. The normalized spacial score (nSPS) is 10.8. The van der Waals surface area contributed by atoms with Crippen molar-refractivity contribution in [2.24, 2.45) is 5.14 Å². The van der Waals surface area contributed by atoms with Gasteiger partial charge in [-0.1, -0.05) is 0 Å². The Hall–Kier alpha value is -1.45. The lowest BCUT2D eigenvalue weighted by Gasteiger charge is -1.99. The number of primary sulfonamides is 1. The standard InChI is InChI=1S/C7H5FN2O2S/c8-6-2-1-5(4-9)7(3-6)13(10,11)12/h1-3H,(H2,10,11,12). The molecule has 4 nitrogen and oxygen atoms in total. The third-order valence-electron chi connectivity index (χ3n) is 1.37. The SMILES string of the molecule is N#Cc1ccc(F)cc1S(N)(=O)=O. The van der Waals surface area contributed by atoms with Gasteiger partial charge in [0.05, 0.1) is 5.56 Å². The minimum atomic E-state index is -4.03. The second-order valence-corrected chi connectivity index (χ2v) is 3.83. The van der Waals surface area contributed by atoms with Crippen molar-refractivity contribution in [3.8, 4) is 6.07 Å². The number of nitrogens with zero attached hydrogens (tertiary/aromatic N) is 1. The number of sulfonamides is 1. The number of hydrogen-bond acceptors (Lipinski definition) is 3. The van der Waals surface area contributed by atoms with Gasteiger partial charge < -0.3 is 0 Å². The first-order chi connectivity index (χ1) is 5.95. The Balaban J connectivity index is 3.53. The van der Waals surface area contributed by atoms with E-state index in [1.807, 2.05) is 0 Å². The largest absolute Gasteiger partial charge is 0.239 e. The molecular weight excluding hydrogens is 195 g/mol. The van der Waals surface area contributed by atoms with Crippen LogP contribution in [-0.4, -0.2) is 8.42 Å². The molecule has 0 saturated carbocycles. The number of halogens is 1. The van der Waals surface area contributed by atoms with Crippen LogP contribution in [0.1, 0.15) is 5.56 Å². The number of benzene rings is 1. The molecule has 0 aliphatic heterocycles. The summed E-state index contributed by atoms with van der Waals surface area (Å²) in [5, 5.41) is 13.2. The van der Waals surface area contributed by atoms with Gasteiger partial charge in [0.15, 0.2) is 0 Å². The molecule has 13 heavy (non-hydrogen) atoms. The van der Waals surface area contributed by atoms with Crippen molar-refractivity contribution < 1.29 is 12.8 Å². The molecule has 2 N–H and O–H groups in total. The van der Waals surface area contributed by atoms with Crippen molar-refractivity contribution in [1.29, 1.82) is 5.26 Å². The van der Waals surface area contributed by atoms with E-state index >= 15 is 0 Å².